The Labute approximate surface area is 164 Å². The Morgan fingerprint density at radius 3 is 2.68 bits per heavy atom. The molecule has 0 aliphatic carbocycles. The maximum atomic E-state index is 12.5. The minimum Gasteiger partial charge on any atom is -0.464 e. The highest BCUT2D eigenvalue weighted by Gasteiger charge is 2.35. The van der Waals surface area contributed by atoms with E-state index in [-0.39, 0.29) is 24.0 Å². The predicted octanol–water partition coefficient (Wildman–Crippen LogP) is 2.17. The summed E-state index contributed by atoms with van der Waals surface area (Å²) in [6.45, 7) is 5.45. The van der Waals surface area contributed by atoms with Crippen LogP contribution in [0.1, 0.15) is 30.0 Å². The summed E-state index contributed by atoms with van der Waals surface area (Å²) >= 11 is 0. The van der Waals surface area contributed by atoms with Gasteiger partial charge in [-0.05, 0) is 38.3 Å². The van der Waals surface area contributed by atoms with Crippen molar-refractivity contribution in [2.75, 3.05) is 18.6 Å². The Bertz CT molecular complexity index is 1020. The Hall–Kier alpha value is -2.35. The van der Waals surface area contributed by atoms with E-state index in [1.54, 1.807) is 13.3 Å². The molecule has 0 saturated carbocycles. The molecule has 0 N–H and O–H groups in total. The lowest BCUT2D eigenvalue weighted by molar-refractivity contribution is -0.158. The molecular formula is C20H25NO6S. The first-order valence-corrected chi connectivity index (χ1v) is 11.0. The van der Waals surface area contributed by atoms with Crippen molar-refractivity contribution >= 4 is 32.7 Å². The number of hydrogen-bond donors (Lipinski definition) is 0. The number of ether oxygens (including phenoxy) is 1. The Balaban J connectivity index is 1.63. The SMILES string of the molecule is Cc1ccc2c(CC(=O)O[C@H](C)C(=O)N(C)[C@H]3CCS(=O)(=O)C3)coc2c1C. The lowest BCUT2D eigenvalue weighted by Crippen LogP contribution is -2.44. The number of aryl methyl sites for hydroxylation is 2. The first-order valence-electron chi connectivity index (χ1n) is 9.22. The van der Waals surface area contributed by atoms with Crippen LogP contribution in [0.15, 0.2) is 22.8 Å². The first kappa shape index (κ1) is 20.4. The molecule has 1 amide bonds. The van der Waals surface area contributed by atoms with E-state index in [4.69, 9.17) is 9.15 Å². The van der Waals surface area contributed by atoms with Gasteiger partial charge in [0.05, 0.1) is 24.2 Å². The van der Waals surface area contributed by atoms with E-state index in [1.165, 1.54) is 11.8 Å². The number of benzene rings is 1. The van der Waals surface area contributed by atoms with Crippen molar-refractivity contribution in [2.45, 2.75) is 45.8 Å². The number of carbonyl (C=O) groups is 2. The number of hydrogen-bond acceptors (Lipinski definition) is 6. The molecule has 1 aliphatic rings. The molecule has 1 aromatic heterocycles. The molecule has 152 valence electrons. The number of sulfone groups is 1. The molecule has 0 bridgehead atoms. The molecule has 0 unspecified atom stereocenters. The largest absolute Gasteiger partial charge is 0.464 e. The molecule has 1 saturated heterocycles. The number of amides is 1. The third-order valence-corrected chi connectivity index (χ3v) is 7.19. The summed E-state index contributed by atoms with van der Waals surface area (Å²) in [5.74, 6) is -0.904. The standard InChI is InChI=1S/C20H25NO6S/c1-12-5-6-17-15(10-26-19(17)13(12)2)9-18(22)27-14(3)20(23)21(4)16-7-8-28(24,25)11-16/h5-6,10,14,16H,7-9,11H2,1-4H3/t14-,16+/m1/s1. The summed E-state index contributed by atoms with van der Waals surface area (Å²) < 4.78 is 34.1. The van der Waals surface area contributed by atoms with Gasteiger partial charge in [0.1, 0.15) is 5.58 Å². The fourth-order valence-corrected chi connectivity index (χ4v) is 5.29. The zero-order valence-corrected chi connectivity index (χ0v) is 17.3. The zero-order valence-electron chi connectivity index (χ0n) is 16.5. The number of rotatable bonds is 5. The third kappa shape index (κ3) is 4.06. The second kappa shape index (κ2) is 7.58. The highest BCUT2D eigenvalue weighted by atomic mass is 32.2. The summed E-state index contributed by atoms with van der Waals surface area (Å²) in [5, 5.41) is 0.854. The van der Waals surface area contributed by atoms with E-state index in [0.717, 1.165) is 22.1 Å². The van der Waals surface area contributed by atoms with Crippen LogP contribution in [0.4, 0.5) is 0 Å². The van der Waals surface area contributed by atoms with E-state index in [1.807, 2.05) is 26.0 Å². The molecule has 8 heteroatoms. The normalized spacial score (nSPS) is 19.5. The van der Waals surface area contributed by atoms with Crippen molar-refractivity contribution in [1.29, 1.82) is 0 Å². The van der Waals surface area contributed by atoms with Crippen LogP contribution in [0.2, 0.25) is 0 Å². The van der Waals surface area contributed by atoms with Gasteiger partial charge in [-0.15, -0.1) is 0 Å². The van der Waals surface area contributed by atoms with Crippen molar-refractivity contribution in [1.82, 2.24) is 4.90 Å². The Morgan fingerprint density at radius 1 is 1.32 bits per heavy atom. The van der Waals surface area contributed by atoms with E-state index in [0.29, 0.717) is 12.0 Å². The van der Waals surface area contributed by atoms with Crippen LogP contribution in [0.25, 0.3) is 11.0 Å². The number of nitrogens with zero attached hydrogens (tertiary/aromatic N) is 1. The fraction of sp³-hybridized carbons (Fsp3) is 0.500. The van der Waals surface area contributed by atoms with Crippen LogP contribution in [0, 0.1) is 13.8 Å². The highest BCUT2D eigenvalue weighted by molar-refractivity contribution is 7.91. The van der Waals surface area contributed by atoms with E-state index in [2.05, 4.69) is 0 Å². The van der Waals surface area contributed by atoms with Gasteiger partial charge in [-0.25, -0.2) is 8.42 Å². The second-order valence-corrected chi connectivity index (χ2v) is 9.69. The monoisotopic (exact) mass is 407 g/mol. The van der Waals surface area contributed by atoms with Gasteiger partial charge in [-0.1, -0.05) is 12.1 Å². The molecule has 1 aliphatic heterocycles. The van der Waals surface area contributed by atoms with Crippen molar-refractivity contribution in [2.24, 2.45) is 0 Å². The number of likely N-dealkylation sites (N-methyl/N-ethyl adjacent to an activating group) is 1. The van der Waals surface area contributed by atoms with Crippen molar-refractivity contribution in [3.05, 3.63) is 35.1 Å². The maximum absolute atomic E-state index is 12.5. The molecule has 2 heterocycles. The minimum atomic E-state index is -3.10. The predicted molar refractivity (Wildman–Crippen MR) is 105 cm³/mol. The van der Waals surface area contributed by atoms with Gasteiger partial charge in [0.15, 0.2) is 15.9 Å². The van der Waals surface area contributed by atoms with Gasteiger partial charge in [0.2, 0.25) is 0 Å². The van der Waals surface area contributed by atoms with E-state index in [9.17, 15) is 18.0 Å². The van der Waals surface area contributed by atoms with Crippen LogP contribution in [-0.4, -0.2) is 55.9 Å². The third-order valence-electron chi connectivity index (χ3n) is 5.44. The summed E-state index contributed by atoms with van der Waals surface area (Å²) in [7, 11) is -1.55. The van der Waals surface area contributed by atoms with Gasteiger partial charge in [-0.3, -0.25) is 9.59 Å². The summed E-state index contributed by atoms with van der Waals surface area (Å²) in [4.78, 5) is 26.2. The van der Waals surface area contributed by atoms with Crippen molar-refractivity contribution < 1.29 is 27.2 Å². The van der Waals surface area contributed by atoms with Crippen molar-refractivity contribution in [3.8, 4) is 0 Å². The summed E-state index contributed by atoms with van der Waals surface area (Å²) in [5.41, 5.74) is 3.58. The molecule has 0 spiro atoms. The van der Waals surface area contributed by atoms with Crippen LogP contribution in [0.5, 0.6) is 0 Å². The molecule has 3 rings (SSSR count). The molecule has 0 radical (unpaired) electrons. The van der Waals surface area contributed by atoms with Crippen LogP contribution in [0.3, 0.4) is 0 Å². The summed E-state index contributed by atoms with van der Waals surface area (Å²) in [6.07, 6.45) is 0.961. The van der Waals surface area contributed by atoms with E-state index >= 15 is 0 Å². The van der Waals surface area contributed by atoms with Crippen LogP contribution >= 0.6 is 0 Å². The lowest BCUT2D eigenvalue weighted by atomic mass is 10.0. The molecule has 28 heavy (non-hydrogen) atoms. The number of esters is 1. The Kier molecular flexibility index (Phi) is 5.52. The molecule has 2 atom stereocenters. The molecule has 1 fully saturated rings. The summed E-state index contributed by atoms with van der Waals surface area (Å²) in [6, 6.07) is 3.51. The van der Waals surface area contributed by atoms with Gasteiger partial charge in [-0.2, -0.15) is 0 Å². The minimum absolute atomic E-state index is 0.00531. The average molecular weight is 407 g/mol. The molecule has 2 aromatic rings. The van der Waals surface area contributed by atoms with Crippen LogP contribution < -0.4 is 0 Å². The molecule has 1 aromatic carbocycles. The zero-order chi connectivity index (χ0) is 20.6. The van der Waals surface area contributed by atoms with E-state index < -0.39 is 27.8 Å². The molecular weight excluding hydrogens is 382 g/mol. The second-order valence-electron chi connectivity index (χ2n) is 7.46. The fourth-order valence-electron chi connectivity index (χ4n) is 3.52. The van der Waals surface area contributed by atoms with Gasteiger partial charge in [0, 0.05) is 24.0 Å². The highest BCUT2D eigenvalue weighted by Crippen LogP contribution is 2.27. The lowest BCUT2D eigenvalue weighted by Gasteiger charge is -2.26. The molecule has 7 nitrogen and oxygen atoms in total. The van der Waals surface area contributed by atoms with Crippen molar-refractivity contribution in [3.63, 3.8) is 0 Å². The topological polar surface area (TPSA) is 93.9 Å². The first-order chi connectivity index (χ1) is 13.1. The van der Waals surface area contributed by atoms with Gasteiger partial charge >= 0.3 is 5.97 Å². The van der Waals surface area contributed by atoms with Crippen LogP contribution in [-0.2, 0) is 30.6 Å². The quantitative estimate of drug-likeness (QED) is 0.705. The van der Waals surface area contributed by atoms with Gasteiger partial charge in [0.25, 0.3) is 5.91 Å². The number of fused-ring (bicyclic) bond motifs is 1. The number of carbonyl (C=O) groups excluding carboxylic acids is 2. The average Bonchev–Trinajstić information content (AvgIpc) is 3.20. The Morgan fingerprint density at radius 2 is 2.04 bits per heavy atom. The van der Waals surface area contributed by atoms with Gasteiger partial charge < -0.3 is 14.1 Å². The maximum Gasteiger partial charge on any atom is 0.311 e. The number of furan rings is 1. The smallest absolute Gasteiger partial charge is 0.311 e.